The second kappa shape index (κ2) is 8.25. The molecule has 0 fully saturated rings. The van der Waals surface area contributed by atoms with E-state index in [1.54, 1.807) is 17.1 Å². The Balaban J connectivity index is 1.54. The van der Waals surface area contributed by atoms with Gasteiger partial charge in [-0.05, 0) is 30.2 Å². The number of hydrogen-bond acceptors (Lipinski definition) is 7. The van der Waals surface area contributed by atoms with Gasteiger partial charge in [0.15, 0.2) is 0 Å². The number of nitrogens with two attached hydrogens (primary N) is 1. The minimum absolute atomic E-state index is 0.163. The molecule has 0 saturated carbocycles. The molecule has 0 bridgehead atoms. The highest BCUT2D eigenvalue weighted by Crippen LogP contribution is 2.38. The second-order valence-corrected chi connectivity index (χ2v) is 8.38. The Bertz CT molecular complexity index is 1350. The summed E-state index contributed by atoms with van der Waals surface area (Å²) in [7, 11) is 1.89. The number of pyridine rings is 2. The number of aliphatic hydroxyl groups is 1. The molecule has 0 spiro atoms. The van der Waals surface area contributed by atoms with Crippen molar-refractivity contribution < 1.29 is 5.11 Å². The third-order valence-corrected chi connectivity index (χ3v) is 6.13. The summed E-state index contributed by atoms with van der Waals surface area (Å²) in [4.78, 5) is 21.0. The SMILES string of the molecule is CCCC(O)(C1=NC(N)=NC(c2c[nH]c3ncc(-c4cnn(C)c4)cc23)C1)c1ccncc1. The number of hydrogen-bond donors (Lipinski definition) is 3. The van der Waals surface area contributed by atoms with Crippen LogP contribution in [0.5, 0.6) is 0 Å². The van der Waals surface area contributed by atoms with Crippen LogP contribution in [0.4, 0.5) is 0 Å². The molecule has 1 aliphatic rings. The third kappa shape index (κ3) is 3.80. The van der Waals surface area contributed by atoms with Crippen LogP contribution in [0.3, 0.4) is 0 Å². The monoisotopic (exact) mass is 442 g/mol. The number of aliphatic imine (C=N–C) groups is 2. The fraction of sp³-hybridized carbons (Fsp3) is 0.292. The summed E-state index contributed by atoms with van der Waals surface area (Å²) in [5, 5.41) is 17.0. The summed E-state index contributed by atoms with van der Waals surface area (Å²) in [5.41, 5.74) is 9.99. The first kappa shape index (κ1) is 21.0. The number of fused-ring (bicyclic) bond motifs is 1. The van der Waals surface area contributed by atoms with Gasteiger partial charge in [0.25, 0.3) is 0 Å². The van der Waals surface area contributed by atoms with Crippen LogP contribution in [-0.4, -0.2) is 41.5 Å². The van der Waals surface area contributed by atoms with Crippen molar-refractivity contribution in [3.05, 3.63) is 66.5 Å². The van der Waals surface area contributed by atoms with Crippen molar-refractivity contribution in [3.8, 4) is 11.1 Å². The van der Waals surface area contributed by atoms with E-state index in [-0.39, 0.29) is 12.0 Å². The fourth-order valence-corrected chi connectivity index (χ4v) is 4.51. The number of rotatable bonds is 6. The first-order valence-corrected chi connectivity index (χ1v) is 11.0. The minimum Gasteiger partial charge on any atom is -0.379 e. The van der Waals surface area contributed by atoms with Gasteiger partial charge in [-0.25, -0.2) is 15.0 Å². The molecule has 1 aliphatic heterocycles. The Kier molecular flexibility index (Phi) is 5.26. The third-order valence-electron chi connectivity index (χ3n) is 6.13. The quantitative estimate of drug-likeness (QED) is 0.422. The van der Waals surface area contributed by atoms with Crippen molar-refractivity contribution >= 4 is 22.7 Å². The topological polar surface area (TPSA) is 130 Å². The number of aryl methyl sites for hydroxylation is 1. The van der Waals surface area contributed by atoms with Crippen molar-refractivity contribution in [2.24, 2.45) is 22.8 Å². The van der Waals surface area contributed by atoms with E-state index < -0.39 is 5.60 Å². The molecule has 4 aromatic heterocycles. The van der Waals surface area contributed by atoms with Crippen molar-refractivity contribution in [2.45, 2.75) is 37.8 Å². The van der Waals surface area contributed by atoms with E-state index in [0.29, 0.717) is 18.6 Å². The molecule has 0 aliphatic carbocycles. The molecule has 5 heterocycles. The van der Waals surface area contributed by atoms with Crippen LogP contribution in [-0.2, 0) is 12.6 Å². The van der Waals surface area contributed by atoms with E-state index in [4.69, 9.17) is 5.73 Å². The Morgan fingerprint density at radius 2 is 2.06 bits per heavy atom. The predicted octanol–water partition coefficient (Wildman–Crippen LogP) is 3.25. The molecule has 9 heteroatoms. The molecule has 9 nitrogen and oxygen atoms in total. The van der Waals surface area contributed by atoms with Gasteiger partial charge in [-0.2, -0.15) is 5.10 Å². The first-order chi connectivity index (χ1) is 16.0. The number of aromatic amines is 1. The molecule has 0 amide bonds. The van der Waals surface area contributed by atoms with E-state index in [1.807, 2.05) is 50.9 Å². The van der Waals surface area contributed by atoms with Crippen molar-refractivity contribution in [3.63, 3.8) is 0 Å². The first-order valence-electron chi connectivity index (χ1n) is 11.0. The predicted molar refractivity (Wildman–Crippen MR) is 128 cm³/mol. The zero-order valence-electron chi connectivity index (χ0n) is 18.6. The average Bonchev–Trinajstić information content (AvgIpc) is 3.45. The second-order valence-electron chi connectivity index (χ2n) is 8.38. The fourth-order valence-electron chi connectivity index (χ4n) is 4.51. The van der Waals surface area contributed by atoms with Crippen LogP contribution in [0.25, 0.3) is 22.2 Å². The number of nitrogens with one attached hydrogen (secondary N) is 1. The molecule has 0 radical (unpaired) electrons. The minimum atomic E-state index is -1.23. The van der Waals surface area contributed by atoms with Crippen molar-refractivity contribution in [1.82, 2.24) is 24.7 Å². The van der Waals surface area contributed by atoms with E-state index in [9.17, 15) is 5.11 Å². The molecule has 5 rings (SSSR count). The number of aromatic nitrogens is 5. The van der Waals surface area contributed by atoms with Crippen molar-refractivity contribution in [2.75, 3.05) is 0 Å². The van der Waals surface area contributed by atoms with Gasteiger partial charge in [0.2, 0.25) is 5.96 Å². The highest BCUT2D eigenvalue weighted by molar-refractivity contribution is 6.04. The number of H-pyrrole nitrogens is 1. The van der Waals surface area contributed by atoms with Gasteiger partial charge in [0.1, 0.15) is 11.2 Å². The maximum Gasteiger partial charge on any atom is 0.215 e. The molecule has 2 atom stereocenters. The number of nitrogens with zero attached hydrogens (tertiary/aromatic N) is 6. The summed E-state index contributed by atoms with van der Waals surface area (Å²) in [6.07, 6.45) is 12.6. The zero-order valence-corrected chi connectivity index (χ0v) is 18.6. The van der Waals surface area contributed by atoms with Gasteiger partial charge >= 0.3 is 0 Å². The Morgan fingerprint density at radius 1 is 1.24 bits per heavy atom. The molecule has 33 heavy (non-hydrogen) atoms. The van der Waals surface area contributed by atoms with E-state index >= 15 is 0 Å². The molecule has 2 unspecified atom stereocenters. The van der Waals surface area contributed by atoms with Crippen LogP contribution in [0.2, 0.25) is 0 Å². The lowest BCUT2D eigenvalue weighted by molar-refractivity contribution is 0.0971. The smallest absolute Gasteiger partial charge is 0.215 e. The summed E-state index contributed by atoms with van der Waals surface area (Å²) in [5.74, 6) is 0.163. The van der Waals surface area contributed by atoms with Gasteiger partial charge in [-0.1, -0.05) is 13.3 Å². The maximum atomic E-state index is 11.8. The van der Waals surface area contributed by atoms with Crippen LogP contribution in [0.15, 0.2) is 65.4 Å². The molecule has 4 aromatic rings. The van der Waals surface area contributed by atoms with Gasteiger partial charge in [0, 0.05) is 66.5 Å². The molecule has 4 N–H and O–H groups in total. The van der Waals surface area contributed by atoms with E-state index in [1.165, 1.54) is 0 Å². The molecular weight excluding hydrogens is 416 g/mol. The van der Waals surface area contributed by atoms with Crippen LogP contribution < -0.4 is 5.73 Å². The van der Waals surface area contributed by atoms with Crippen molar-refractivity contribution in [1.29, 1.82) is 0 Å². The van der Waals surface area contributed by atoms with Crippen LogP contribution >= 0.6 is 0 Å². The molecule has 0 aromatic carbocycles. The lowest BCUT2D eigenvalue weighted by atomic mass is 9.81. The van der Waals surface area contributed by atoms with Gasteiger partial charge in [-0.15, -0.1) is 0 Å². The maximum absolute atomic E-state index is 11.8. The Hall–Kier alpha value is -3.85. The van der Waals surface area contributed by atoms with E-state index in [2.05, 4.69) is 36.1 Å². The molecule has 0 saturated heterocycles. The van der Waals surface area contributed by atoms with Gasteiger partial charge in [-0.3, -0.25) is 9.67 Å². The number of guanidine groups is 1. The van der Waals surface area contributed by atoms with Crippen LogP contribution in [0.1, 0.15) is 43.4 Å². The zero-order chi connectivity index (χ0) is 23.0. The Morgan fingerprint density at radius 3 is 2.79 bits per heavy atom. The average molecular weight is 443 g/mol. The largest absolute Gasteiger partial charge is 0.379 e. The lowest BCUT2D eigenvalue weighted by Gasteiger charge is -2.33. The van der Waals surface area contributed by atoms with Gasteiger partial charge < -0.3 is 15.8 Å². The normalized spacial score (nSPS) is 18.1. The summed E-state index contributed by atoms with van der Waals surface area (Å²) >= 11 is 0. The summed E-state index contributed by atoms with van der Waals surface area (Å²) in [6, 6.07) is 5.45. The standard InChI is InChI=1S/C24H26N8O/c1-3-6-24(33,17-4-7-26-8-5-17)21-10-20(30-23(25)31-21)19-13-28-22-18(19)9-15(11-27-22)16-12-29-32(2)14-16/h4-5,7-9,11-14,20,33H,3,6,10H2,1-2H3,(H2,25,30)(H,27,28). The highest BCUT2D eigenvalue weighted by atomic mass is 16.3. The van der Waals surface area contributed by atoms with Gasteiger partial charge in [0.05, 0.1) is 18.0 Å². The summed E-state index contributed by atoms with van der Waals surface area (Å²) in [6.45, 7) is 2.04. The molecule has 168 valence electrons. The lowest BCUT2D eigenvalue weighted by Crippen LogP contribution is -2.39. The van der Waals surface area contributed by atoms with Crippen LogP contribution in [0, 0.1) is 0 Å². The van der Waals surface area contributed by atoms with E-state index in [0.717, 1.165) is 39.7 Å². The summed E-state index contributed by atoms with van der Waals surface area (Å²) < 4.78 is 1.76. The molecular formula is C24H26N8O. The highest BCUT2D eigenvalue weighted by Gasteiger charge is 2.38. The Labute approximate surface area is 191 Å².